The van der Waals surface area contributed by atoms with Crippen LogP contribution in [0.1, 0.15) is 39.7 Å². The number of carbonyl (C=O) groups excluding carboxylic acids is 1. The smallest absolute Gasteiger partial charge is 0.376 e. The SMILES string of the molecule is CCOC(=O)c1oc2c(C)c(C)c(C)c(C)c2c1N=CN(C)C. The third kappa shape index (κ3) is 2.96. The highest BCUT2D eigenvalue weighted by molar-refractivity contribution is 6.06. The second-order valence-electron chi connectivity index (χ2n) is 5.91. The minimum Gasteiger partial charge on any atom is -0.460 e. The summed E-state index contributed by atoms with van der Waals surface area (Å²) in [6, 6.07) is 0. The van der Waals surface area contributed by atoms with E-state index >= 15 is 0 Å². The summed E-state index contributed by atoms with van der Waals surface area (Å²) in [5.41, 5.74) is 5.71. The zero-order chi connectivity index (χ0) is 17.3. The van der Waals surface area contributed by atoms with Crippen LogP contribution in [0.3, 0.4) is 0 Å². The lowest BCUT2D eigenvalue weighted by Gasteiger charge is -2.10. The fourth-order valence-electron chi connectivity index (χ4n) is 2.59. The molecule has 0 aliphatic heterocycles. The van der Waals surface area contributed by atoms with Crippen molar-refractivity contribution >= 4 is 29.0 Å². The van der Waals surface area contributed by atoms with Gasteiger partial charge in [-0.15, -0.1) is 0 Å². The zero-order valence-electron chi connectivity index (χ0n) is 14.9. The monoisotopic (exact) mass is 316 g/mol. The molecule has 0 fully saturated rings. The third-order valence-corrected chi connectivity index (χ3v) is 4.16. The van der Waals surface area contributed by atoms with E-state index in [1.165, 1.54) is 11.1 Å². The molecule has 0 spiro atoms. The average molecular weight is 316 g/mol. The molecule has 1 aromatic heterocycles. The first-order valence-electron chi connectivity index (χ1n) is 7.70. The van der Waals surface area contributed by atoms with Gasteiger partial charge in [-0.1, -0.05) is 0 Å². The van der Waals surface area contributed by atoms with Gasteiger partial charge in [0.15, 0.2) is 0 Å². The summed E-state index contributed by atoms with van der Waals surface area (Å²) in [6.07, 6.45) is 1.66. The van der Waals surface area contributed by atoms with E-state index in [0.717, 1.165) is 16.5 Å². The number of esters is 1. The molecule has 0 bridgehead atoms. The highest BCUT2D eigenvalue weighted by Gasteiger charge is 2.25. The Balaban J connectivity index is 2.85. The van der Waals surface area contributed by atoms with Gasteiger partial charge in [0, 0.05) is 14.1 Å². The van der Waals surface area contributed by atoms with Gasteiger partial charge in [0.25, 0.3) is 0 Å². The number of furan rings is 1. The first kappa shape index (κ1) is 17.1. The Morgan fingerprint density at radius 1 is 1.13 bits per heavy atom. The number of fused-ring (bicyclic) bond motifs is 1. The normalized spacial score (nSPS) is 11.4. The Bertz CT molecular complexity index is 786. The Morgan fingerprint density at radius 2 is 1.74 bits per heavy atom. The van der Waals surface area contributed by atoms with Crippen molar-refractivity contribution in [3.63, 3.8) is 0 Å². The van der Waals surface area contributed by atoms with Gasteiger partial charge in [-0.3, -0.25) is 0 Å². The number of aliphatic imine (C=N–C) groups is 1. The molecule has 0 aliphatic carbocycles. The van der Waals surface area contributed by atoms with Crippen molar-refractivity contribution in [2.24, 2.45) is 4.99 Å². The molecule has 0 radical (unpaired) electrons. The van der Waals surface area contributed by atoms with Crippen LogP contribution in [0.5, 0.6) is 0 Å². The van der Waals surface area contributed by atoms with Crippen molar-refractivity contribution in [2.75, 3.05) is 20.7 Å². The number of nitrogens with zero attached hydrogens (tertiary/aromatic N) is 2. The number of rotatable bonds is 4. The molecule has 5 heteroatoms. The van der Waals surface area contributed by atoms with E-state index in [0.29, 0.717) is 17.9 Å². The molecule has 0 saturated heterocycles. The van der Waals surface area contributed by atoms with Gasteiger partial charge >= 0.3 is 5.97 Å². The molecule has 23 heavy (non-hydrogen) atoms. The highest BCUT2D eigenvalue weighted by Crippen LogP contribution is 2.40. The number of benzene rings is 1. The van der Waals surface area contributed by atoms with Gasteiger partial charge in [-0.05, 0) is 56.9 Å². The van der Waals surface area contributed by atoms with E-state index in [2.05, 4.69) is 18.8 Å². The largest absolute Gasteiger partial charge is 0.460 e. The van der Waals surface area contributed by atoms with E-state index < -0.39 is 5.97 Å². The van der Waals surface area contributed by atoms with E-state index in [1.54, 1.807) is 13.3 Å². The standard InChI is InChI=1S/C18H24N2O3/c1-8-22-18(21)17-15(19-9-20(6)7)14-12(4)10(2)11(3)13(5)16(14)23-17/h9H,8H2,1-7H3. The molecule has 1 heterocycles. The number of ether oxygens (including phenoxy) is 1. The average Bonchev–Trinajstić information content (AvgIpc) is 2.88. The molecule has 0 unspecified atom stereocenters. The van der Waals surface area contributed by atoms with Crippen molar-refractivity contribution in [3.05, 3.63) is 28.0 Å². The minimum atomic E-state index is -0.483. The zero-order valence-corrected chi connectivity index (χ0v) is 14.9. The lowest BCUT2D eigenvalue weighted by molar-refractivity contribution is 0.0494. The van der Waals surface area contributed by atoms with Crippen molar-refractivity contribution in [1.82, 2.24) is 4.90 Å². The topological polar surface area (TPSA) is 55.0 Å². The molecule has 2 aromatic rings. The number of hydrogen-bond acceptors (Lipinski definition) is 4. The lowest BCUT2D eigenvalue weighted by Crippen LogP contribution is -2.08. The van der Waals surface area contributed by atoms with Gasteiger partial charge < -0.3 is 14.1 Å². The van der Waals surface area contributed by atoms with Crippen LogP contribution >= 0.6 is 0 Å². The van der Waals surface area contributed by atoms with Gasteiger partial charge in [0.05, 0.1) is 18.3 Å². The predicted octanol–water partition coefficient (Wildman–Crippen LogP) is 4.06. The summed E-state index contributed by atoms with van der Waals surface area (Å²) in [5, 5.41) is 0.881. The Hall–Kier alpha value is -2.30. The molecule has 0 amide bonds. The van der Waals surface area contributed by atoms with Gasteiger partial charge in [0.1, 0.15) is 11.3 Å². The van der Waals surface area contributed by atoms with Crippen LogP contribution in [-0.2, 0) is 4.74 Å². The predicted molar refractivity (Wildman–Crippen MR) is 93.0 cm³/mol. The highest BCUT2D eigenvalue weighted by atomic mass is 16.5. The Morgan fingerprint density at radius 3 is 2.30 bits per heavy atom. The van der Waals surface area contributed by atoms with Crippen LogP contribution in [0.15, 0.2) is 9.41 Å². The molecule has 124 valence electrons. The fourth-order valence-corrected chi connectivity index (χ4v) is 2.59. The quantitative estimate of drug-likeness (QED) is 0.485. The van der Waals surface area contributed by atoms with E-state index in [4.69, 9.17) is 9.15 Å². The van der Waals surface area contributed by atoms with Crippen molar-refractivity contribution in [2.45, 2.75) is 34.6 Å². The summed E-state index contributed by atoms with van der Waals surface area (Å²) in [6.45, 7) is 10.2. The molecular formula is C18H24N2O3. The van der Waals surface area contributed by atoms with Crippen LogP contribution in [0, 0.1) is 27.7 Å². The van der Waals surface area contributed by atoms with Gasteiger partial charge in [-0.25, -0.2) is 9.79 Å². The van der Waals surface area contributed by atoms with E-state index in [1.807, 2.05) is 32.8 Å². The molecular weight excluding hydrogens is 292 g/mol. The summed E-state index contributed by atoms with van der Waals surface area (Å²) in [7, 11) is 3.76. The first-order valence-corrected chi connectivity index (χ1v) is 7.70. The first-order chi connectivity index (χ1) is 10.8. The summed E-state index contributed by atoms with van der Waals surface area (Å²) < 4.78 is 11.0. The summed E-state index contributed by atoms with van der Waals surface area (Å²) in [4.78, 5) is 18.6. The van der Waals surface area contributed by atoms with Crippen molar-refractivity contribution < 1.29 is 13.9 Å². The van der Waals surface area contributed by atoms with Crippen LogP contribution in [0.25, 0.3) is 11.0 Å². The van der Waals surface area contributed by atoms with Crippen LogP contribution in [0.4, 0.5) is 5.69 Å². The maximum absolute atomic E-state index is 12.3. The van der Waals surface area contributed by atoms with Gasteiger partial charge in [0.2, 0.25) is 5.76 Å². The molecule has 1 aromatic carbocycles. The van der Waals surface area contributed by atoms with Crippen molar-refractivity contribution in [3.8, 4) is 0 Å². The van der Waals surface area contributed by atoms with E-state index in [9.17, 15) is 4.79 Å². The third-order valence-electron chi connectivity index (χ3n) is 4.16. The minimum absolute atomic E-state index is 0.163. The maximum atomic E-state index is 12.3. The molecule has 0 saturated carbocycles. The number of aryl methyl sites for hydroxylation is 2. The lowest BCUT2D eigenvalue weighted by atomic mass is 9.95. The molecule has 0 N–H and O–H groups in total. The molecule has 5 nitrogen and oxygen atoms in total. The summed E-state index contributed by atoms with van der Waals surface area (Å²) >= 11 is 0. The van der Waals surface area contributed by atoms with E-state index in [-0.39, 0.29) is 5.76 Å². The molecule has 0 atom stereocenters. The molecule has 2 rings (SSSR count). The van der Waals surface area contributed by atoms with Crippen LogP contribution in [-0.4, -0.2) is 37.9 Å². The maximum Gasteiger partial charge on any atom is 0.376 e. The second-order valence-corrected chi connectivity index (χ2v) is 5.91. The van der Waals surface area contributed by atoms with Crippen molar-refractivity contribution in [1.29, 1.82) is 0 Å². The number of hydrogen-bond donors (Lipinski definition) is 0. The summed E-state index contributed by atoms with van der Waals surface area (Å²) in [5.74, 6) is -0.320. The Kier molecular flexibility index (Phi) is 4.78. The van der Waals surface area contributed by atoms with Crippen LogP contribution in [0.2, 0.25) is 0 Å². The van der Waals surface area contributed by atoms with Crippen LogP contribution < -0.4 is 0 Å². The second kappa shape index (κ2) is 6.44. The molecule has 0 aliphatic rings. The number of carbonyl (C=O) groups is 1. The van der Waals surface area contributed by atoms with Gasteiger partial charge in [-0.2, -0.15) is 0 Å². The Labute approximate surface area is 136 Å². The fraction of sp³-hybridized carbons (Fsp3) is 0.444.